The molecule has 1 N–H and O–H groups in total. The van der Waals surface area contributed by atoms with E-state index in [-0.39, 0.29) is 22.4 Å². The van der Waals surface area contributed by atoms with Crippen molar-refractivity contribution in [1.82, 2.24) is 19.5 Å². The molecule has 3 heterocycles. The molecule has 1 aliphatic rings. The molecular formula is C18H19N5O5S2. The second-order valence-electron chi connectivity index (χ2n) is 6.55. The summed E-state index contributed by atoms with van der Waals surface area (Å²) in [6, 6.07) is 5.64. The number of aromatic nitrogens is 3. The van der Waals surface area contributed by atoms with Crippen LogP contribution < -0.4 is 5.32 Å². The summed E-state index contributed by atoms with van der Waals surface area (Å²) in [4.78, 5) is 17.6. The van der Waals surface area contributed by atoms with E-state index in [0.717, 1.165) is 15.6 Å². The van der Waals surface area contributed by atoms with Gasteiger partial charge in [0.25, 0.3) is 11.8 Å². The molecule has 158 valence electrons. The zero-order valence-electron chi connectivity index (χ0n) is 16.3. The van der Waals surface area contributed by atoms with Gasteiger partial charge in [0.1, 0.15) is 4.88 Å². The van der Waals surface area contributed by atoms with E-state index < -0.39 is 15.9 Å². The highest BCUT2D eigenvalue weighted by Gasteiger charge is 2.26. The first kappa shape index (κ1) is 20.6. The maximum absolute atomic E-state index is 12.7. The van der Waals surface area contributed by atoms with Gasteiger partial charge in [0, 0.05) is 18.7 Å². The number of carbonyl (C=O) groups is 1. The quantitative estimate of drug-likeness (QED) is 0.627. The Kier molecular flexibility index (Phi) is 5.64. The van der Waals surface area contributed by atoms with E-state index in [1.165, 1.54) is 39.9 Å². The molecule has 1 fully saturated rings. The number of thiazole rings is 1. The average molecular weight is 450 g/mol. The molecule has 30 heavy (non-hydrogen) atoms. The Balaban J connectivity index is 1.46. The number of benzene rings is 1. The number of morpholine rings is 1. The van der Waals surface area contributed by atoms with Gasteiger partial charge in [0.05, 0.1) is 28.8 Å². The van der Waals surface area contributed by atoms with Crippen molar-refractivity contribution in [3.8, 4) is 10.8 Å². The first-order chi connectivity index (χ1) is 14.3. The number of hydrogen-bond acceptors (Lipinski definition) is 9. The third kappa shape index (κ3) is 4.12. The Morgan fingerprint density at radius 3 is 2.47 bits per heavy atom. The zero-order valence-corrected chi connectivity index (χ0v) is 17.9. The van der Waals surface area contributed by atoms with Gasteiger partial charge in [-0.3, -0.25) is 10.1 Å². The van der Waals surface area contributed by atoms with Gasteiger partial charge in [-0.1, -0.05) is 5.10 Å². The number of ether oxygens (including phenoxy) is 1. The minimum atomic E-state index is -3.62. The number of rotatable bonds is 5. The fraction of sp³-hybridized carbons (Fsp3) is 0.333. The van der Waals surface area contributed by atoms with Crippen molar-refractivity contribution in [1.29, 1.82) is 0 Å². The molecule has 1 aromatic carbocycles. The Hall–Kier alpha value is -2.67. The second-order valence-corrected chi connectivity index (χ2v) is 9.70. The summed E-state index contributed by atoms with van der Waals surface area (Å²) < 4.78 is 37.4. The van der Waals surface area contributed by atoms with E-state index >= 15 is 0 Å². The van der Waals surface area contributed by atoms with Crippen molar-refractivity contribution >= 4 is 33.3 Å². The lowest BCUT2D eigenvalue weighted by Crippen LogP contribution is -2.40. The highest BCUT2D eigenvalue weighted by Crippen LogP contribution is 2.29. The standard InChI is InChI=1S/C18H19N5O5S2/c1-11-15(29-12(2)19-11)17-21-22-18(28-17)20-16(24)13-3-5-14(6-4-13)30(25,26)23-7-9-27-10-8-23/h3-6H,7-10H2,1-2H3,(H,20,22,24). The molecule has 4 rings (SSSR count). The number of aryl methyl sites for hydroxylation is 2. The Bertz CT molecular complexity index is 1160. The number of amides is 1. The van der Waals surface area contributed by atoms with Gasteiger partial charge >= 0.3 is 6.01 Å². The number of hydrogen-bond donors (Lipinski definition) is 1. The highest BCUT2D eigenvalue weighted by molar-refractivity contribution is 7.89. The predicted molar refractivity (Wildman–Crippen MR) is 109 cm³/mol. The van der Waals surface area contributed by atoms with Crippen LogP contribution in [0.15, 0.2) is 33.6 Å². The SMILES string of the molecule is Cc1nc(C)c(-c2nnc(NC(=O)c3ccc(S(=O)(=O)N4CCOCC4)cc3)o2)s1. The third-order valence-corrected chi connectivity index (χ3v) is 7.44. The van der Waals surface area contributed by atoms with Crippen molar-refractivity contribution in [3.63, 3.8) is 0 Å². The summed E-state index contributed by atoms with van der Waals surface area (Å²) in [6.45, 7) is 5.07. The summed E-state index contributed by atoms with van der Waals surface area (Å²) >= 11 is 1.42. The molecule has 0 unspecified atom stereocenters. The molecule has 2 aromatic heterocycles. The molecule has 3 aromatic rings. The monoisotopic (exact) mass is 449 g/mol. The van der Waals surface area contributed by atoms with Crippen molar-refractivity contribution < 1.29 is 22.4 Å². The highest BCUT2D eigenvalue weighted by atomic mass is 32.2. The number of carbonyl (C=O) groups excluding carboxylic acids is 1. The van der Waals surface area contributed by atoms with Crippen LogP contribution in [-0.2, 0) is 14.8 Å². The van der Waals surface area contributed by atoms with Crippen LogP contribution in [0.2, 0.25) is 0 Å². The maximum Gasteiger partial charge on any atom is 0.322 e. The van der Waals surface area contributed by atoms with Gasteiger partial charge in [-0.2, -0.15) is 4.31 Å². The van der Waals surface area contributed by atoms with E-state index in [1.807, 2.05) is 13.8 Å². The van der Waals surface area contributed by atoms with E-state index in [4.69, 9.17) is 9.15 Å². The van der Waals surface area contributed by atoms with Crippen molar-refractivity contribution in [2.45, 2.75) is 18.7 Å². The summed E-state index contributed by atoms with van der Waals surface area (Å²) in [5.74, 6) is -0.210. The summed E-state index contributed by atoms with van der Waals surface area (Å²) in [7, 11) is -3.62. The van der Waals surface area contributed by atoms with Crippen molar-refractivity contribution in [3.05, 3.63) is 40.5 Å². The zero-order chi connectivity index (χ0) is 21.3. The average Bonchev–Trinajstić information content (AvgIpc) is 3.34. The lowest BCUT2D eigenvalue weighted by Gasteiger charge is -2.26. The normalized spacial score (nSPS) is 15.3. The predicted octanol–water partition coefficient (Wildman–Crippen LogP) is 2.08. The van der Waals surface area contributed by atoms with E-state index in [9.17, 15) is 13.2 Å². The molecule has 0 radical (unpaired) electrons. The number of nitrogens with zero attached hydrogens (tertiary/aromatic N) is 4. The van der Waals surface area contributed by atoms with Crippen LogP contribution in [0.1, 0.15) is 21.1 Å². The molecule has 0 bridgehead atoms. The maximum atomic E-state index is 12.7. The number of sulfonamides is 1. The Morgan fingerprint density at radius 2 is 1.83 bits per heavy atom. The number of anilines is 1. The van der Waals surface area contributed by atoms with Crippen LogP contribution in [0.3, 0.4) is 0 Å². The number of nitrogens with one attached hydrogen (secondary N) is 1. The van der Waals surface area contributed by atoms with Gasteiger partial charge in [0.15, 0.2) is 0 Å². The van der Waals surface area contributed by atoms with Crippen LogP contribution >= 0.6 is 11.3 Å². The molecular weight excluding hydrogens is 430 g/mol. The minimum Gasteiger partial charge on any atom is -0.402 e. The summed E-state index contributed by atoms with van der Waals surface area (Å²) in [5, 5.41) is 11.2. The lowest BCUT2D eigenvalue weighted by atomic mass is 10.2. The van der Waals surface area contributed by atoms with Crippen LogP contribution in [-0.4, -0.2) is 60.1 Å². The fourth-order valence-electron chi connectivity index (χ4n) is 2.98. The topological polar surface area (TPSA) is 128 Å². The largest absolute Gasteiger partial charge is 0.402 e. The fourth-order valence-corrected chi connectivity index (χ4v) is 5.23. The van der Waals surface area contributed by atoms with Gasteiger partial charge in [-0.15, -0.1) is 16.4 Å². The van der Waals surface area contributed by atoms with Crippen molar-refractivity contribution in [2.75, 3.05) is 31.6 Å². The molecule has 1 saturated heterocycles. The van der Waals surface area contributed by atoms with Gasteiger partial charge in [0.2, 0.25) is 10.0 Å². The minimum absolute atomic E-state index is 0.0505. The van der Waals surface area contributed by atoms with Gasteiger partial charge in [-0.25, -0.2) is 13.4 Å². The van der Waals surface area contributed by atoms with Crippen LogP contribution in [0, 0.1) is 13.8 Å². The van der Waals surface area contributed by atoms with E-state index in [0.29, 0.717) is 26.3 Å². The van der Waals surface area contributed by atoms with Crippen LogP contribution in [0.4, 0.5) is 6.01 Å². The van der Waals surface area contributed by atoms with Gasteiger partial charge in [-0.05, 0) is 38.1 Å². The molecule has 1 amide bonds. The molecule has 0 atom stereocenters. The van der Waals surface area contributed by atoms with Crippen LogP contribution in [0.5, 0.6) is 0 Å². The molecule has 0 aliphatic carbocycles. The molecule has 0 spiro atoms. The van der Waals surface area contributed by atoms with Crippen molar-refractivity contribution in [2.24, 2.45) is 0 Å². The Morgan fingerprint density at radius 1 is 1.13 bits per heavy atom. The lowest BCUT2D eigenvalue weighted by molar-refractivity contribution is 0.0730. The first-order valence-electron chi connectivity index (χ1n) is 9.12. The smallest absolute Gasteiger partial charge is 0.322 e. The molecule has 10 nitrogen and oxygen atoms in total. The molecule has 0 saturated carbocycles. The Labute approximate surface area is 177 Å². The molecule has 12 heteroatoms. The third-order valence-electron chi connectivity index (χ3n) is 4.47. The van der Waals surface area contributed by atoms with Crippen LogP contribution in [0.25, 0.3) is 10.8 Å². The summed E-state index contributed by atoms with van der Waals surface area (Å²) in [6.07, 6.45) is 0. The summed E-state index contributed by atoms with van der Waals surface area (Å²) in [5.41, 5.74) is 1.04. The molecule has 1 aliphatic heterocycles. The van der Waals surface area contributed by atoms with Gasteiger partial charge < -0.3 is 9.15 Å². The van der Waals surface area contributed by atoms with E-state index in [1.54, 1.807) is 0 Å². The van der Waals surface area contributed by atoms with E-state index in [2.05, 4.69) is 20.5 Å². The first-order valence-corrected chi connectivity index (χ1v) is 11.4. The second kappa shape index (κ2) is 8.22.